The Morgan fingerprint density at radius 3 is 2.59 bits per heavy atom. The molecule has 1 aromatic rings. The highest BCUT2D eigenvalue weighted by molar-refractivity contribution is 6.70. The van der Waals surface area contributed by atoms with Crippen LogP contribution in [-0.4, -0.2) is 22.3 Å². The molecule has 3 nitrogen and oxygen atoms in total. The first kappa shape index (κ1) is 14.7. The number of hydrogen-bond donors (Lipinski definition) is 1. The number of carbonyl (C=O) groups is 1. The van der Waals surface area contributed by atoms with Crippen LogP contribution in [0.1, 0.15) is 10.4 Å². The summed E-state index contributed by atoms with van der Waals surface area (Å²) in [4.78, 5) is 11.7. The third-order valence-corrected chi connectivity index (χ3v) is 3.30. The Balaban J connectivity index is 2.76. The molecule has 0 aliphatic carbocycles. The van der Waals surface area contributed by atoms with Gasteiger partial charge in [0.05, 0.1) is 7.11 Å². The van der Waals surface area contributed by atoms with E-state index in [1.165, 1.54) is 7.11 Å². The molecule has 1 N–H and O–H groups in total. The molecule has 0 spiro atoms. The summed E-state index contributed by atoms with van der Waals surface area (Å²) in [5.74, 6) is 0.105. The highest BCUT2D eigenvalue weighted by Crippen LogP contribution is 2.32. The van der Waals surface area contributed by atoms with Crippen molar-refractivity contribution < 1.29 is 9.53 Å². The van der Waals surface area contributed by atoms with E-state index in [4.69, 9.17) is 51.1 Å². The third-order valence-electron chi connectivity index (χ3n) is 1.88. The Hall–Kier alpha value is -0.350. The van der Waals surface area contributed by atoms with Crippen LogP contribution >= 0.6 is 46.4 Å². The fourth-order valence-corrected chi connectivity index (χ4v) is 1.31. The highest BCUT2D eigenvalue weighted by atomic mass is 35.6. The summed E-state index contributed by atoms with van der Waals surface area (Å²) in [5, 5.41) is 2.36. The van der Waals surface area contributed by atoms with Crippen molar-refractivity contribution in [3.8, 4) is 5.75 Å². The highest BCUT2D eigenvalue weighted by Gasteiger charge is 2.32. The average molecular weight is 317 g/mol. The summed E-state index contributed by atoms with van der Waals surface area (Å²) in [6, 6.07) is 6.54. The van der Waals surface area contributed by atoms with E-state index in [-0.39, 0.29) is 0 Å². The molecular weight excluding hydrogens is 308 g/mol. The monoisotopic (exact) mass is 315 g/mol. The smallest absolute Gasteiger partial charge is 0.252 e. The number of methoxy groups -OCH3 is 1. The van der Waals surface area contributed by atoms with Crippen molar-refractivity contribution in [2.24, 2.45) is 0 Å². The zero-order chi connectivity index (χ0) is 13.1. The zero-order valence-corrected chi connectivity index (χ0v) is 11.7. The summed E-state index contributed by atoms with van der Waals surface area (Å²) in [6.07, 6.45) is 0. The van der Waals surface area contributed by atoms with Gasteiger partial charge in [-0.1, -0.05) is 52.5 Å². The number of nitrogens with one attached hydrogen (secondary N) is 1. The maximum absolute atomic E-state index is 11.7. The lowest BCUT2D eigenvalue weighted by Gasteiger charge is -2.19. The predicted octanol–water partition coefficient (Wildman–Crippen LogP) is 3.36. The zero-order valence-electron chi connectivity index (χ0n) is 8.72. The van der Waals surface area contributed by atoms with Gasteiger partial charge in [0.1, 0.15) is 5.75 Å². The van der Waals surface area contributed by atoms with E-state index in [0.29, 0.717) is 11.3 Å². The van der Waals surface area contributed by atoms with Crippen LogP contribution in [0.2, 0.25) is 0 Å². The molecular formula is C10H9Cl4NO2. The van der Waals surface area contributed by atoms with Crippen molar-refractivity contribution in [1.82, 2.24) is 5.32 Å². The van der Waals surface area contributed by atoms with Gasteiger partial charge in [-0.15, -0.1) is 0 Å². The number of halogens is 4. The molecule has 7 heteroatoms. The fraction of sp³-hybridized carbons (Fsp3) is 0.300. The van der Waals surface area contributed by atoms with Gasteiger partial charge in [0.2, 0.25) is 3.79 Å². The largest absolute Gasteiger partial charge is 0.497 e. The summed E-state index contributed by atoms with van der Waals surface area (Å²) < 4.78 is 3.22. The van der Waals surface area contributed by atoms with Gasteiger partial charge in [-0.05, 0) is 18.2 Å². The van der Waals surface area contributed by atoms with E-state index in [0.717, 1.165) is 0 Å². The van der Waals surface area contributed by atoms with Crippen molar-refractivity contribution in [3.63, 3.8) is 0 Å². The Morgan fingerprint density at radius 2 is 2.06 bits per heavy atom. The van der Waals surface area contributed by atoms with Crippen molar-refractivity contribution in [3.05, 3.63) is 29.8 Å². The topological polar surface area (TPSA) is 38.3 Å². The first-order valence-corrected chi connectivity index (χ1v) is 6.07. The number of ether oxygens (including phenoxy) is 1. The van der Waals surface area contributed by atoms with Crippen LogP contribution in [0.5, 0.6) is 5.75 Å². The minimum atomic E-state index is -1.77. The Labute approximate surface area is 119 Å². The molecule has 94 valence electrons. The molecule has 17 heavy (non-hydrogen) atoms. The third kappa shape index (κ3) is 4.43. The van der Waals surface area contributed by atoms with Gasteiger partial charge in [-0.2, -0.15) is 0 Å². The molecule has 0 aliphatic heterocycles. The van der Waals surface area contributed by atoms with Gasteiger partial charge in [0.15, 0.2) is 5.50 Å². The first-order valence-electron chi connectivity index (χ1n) is 4.50. The van der Waals surface area contributed by atoms with Gasteiger partial charge >= 0.3 is 0 Å². The van der Waals surface area contributed by atoms with Crippen LogP contribution < -0.4 is 10.1 Å². The second-order valence-electron chi connectivity index (χ2n) is 3.11. The van der Waals surface area contributed by atoms with Crippen LogP contribution in [-0.2, 0) is 0 Å². The van der Waals surface area contributed by atoms with Crippen molar-refractivity contribution in [2.45, 2.75) is 9.29 Å². The van der Waals surface area contributed by atoms with E-state index < -0.39 is 15.2 Å². The number of carbonyl (C=O) groups excluding carboxylic acids is 1. The Kier molecular flexibility index (Phi) is 5.20. The summed E-state index contributed by atoms with van der Waals surface area (Å²) in [6.45, 7) is 0. The second kappa shape index (κ2) is 6.01. The molecule has 1 atom stereocenters. The van der Waals surface area contributed by atoms with Crippen LogP contribution in [0.4, 0.5) is 0 Å². The van der Waals surface area contributed by atoms with Gasteiger partial charge in [-0.25, -0.2) is 0 Å². The maximum atomic E-state index is 11.7. The van der Waals surface area contributed by atoms with E-state index >= 15 is 0 Å². The average Bonchev–Trinajstić information content (AvgIpc) is 2.27. The molecule has 0 fully saturated rings. The number of rotatable bonds is 3. The second-order valence-corrected chi connectivity index (χ2v) is 5.91. The maximum Gasteiger partial charge on any atom is 0.252 e. The quantitative estimate of drug-likeness (QED) is 0.686. The van der Waals surface area contributed by atoms with Gasteiger partial charge < -0.3 is 10.1 Å². The molecule has 1 amide bonds. The van der Waals surface area contributed by atoms with Crippen LogP contribution in [0.25, 0.3) is 0 Å². The van der Waals surface area contributed by atoms with E-state index in [2.05, 4.69) is 5.32 Å². The summed E-state index contributed by atoms with van der Waals surface area (Å²) in [7, 11) is 1.50. The lowest BCUT2D eigenvalue weighted by molar-refractivity contribution is 0.0949. The summed E-state index contributed by atoms with van der Waals surface area (Å²) in [5.41, 5.74) is -0.754. The molecule has 1 aromatic carbocycles. The van der Waals surface area contributed by atoms with Gasteiger partial charge in [0.25, 0.3) is 5.91 Å². The normalized spacial score (nSPS) is 13.0. The molecule has 0 bridgehead atoms. The van der Waals surface area contributed by atoms with Crippen LogP contribution in [0.3, 0.4) is 0 Å². The fourth-order valence-electron chi connectivity index (χ4n) is 1.04. The minimum absolute atomic E-state index is 0.365. The lowest BCUT2D eigenvalue weighted by Crippen LogP contribution is -2.39. The van der Waals surface area contributed by atoms with Crippen molar-refractivity contribution in [2.75, 3.05) is 7.11 Å². The molecule has 1 unspecified atom stereocenters. The number of alkyl halides is 4. The van der Waals surface area contributed by atoms with Crippen LogP contribution in [0.15, 0.2) is 24.3 Å². The SMILES string of the molecule is COc1cccc(C(=O)NC(Cl)C(Cl)(Cl)Cl)c1. The predicted molar refractivity (Wildman–Crippen MR) is 70.4 cm³/mol. The van der Waals surface area contributed by atoms with Gasteiger partial charge in [-0.3, -0.25) is 4.79 Å². The Bertz CT molecular complexity index is 406. The van der Waals surface area contributed by atoms with E-state index in [1.807, 2.05) is 0 Å². The molecule has 0 saturated carbocycles. The van der Waals surface area contributed by atoms with E-state index in [9.17, 15) is 4.79 Å². The minimum Gasteiger partial charge on any atom is -0.497 e. The standard InChI is InChI=1S/C10H9Cl4NO2/c1-17-7-4-2-3-6(5-7)8(16)15-9(11)10(12,13)14/h2-5,9H,1H3,(H,15,16). The number of benzene rings is 1. The molecule has 0 heterocycles. The number of hydrogen-bond acceptors (Lipinski definition) is 2. The molecule has 0 saturated heterocycles. The van der Waals surface area contributed by atoms with Gasteiger partial charge in [0, 0.05) is 5.56 Å². The molecule has 0 aromatic heterocycles. The molecule has 0 aliphatic rings. The Morgan fingerprint density at radius 1 is 1.41 bits per heavy atom. The lowest BCUT2D eigenvalue weighted by atomic mass is 10.2. The van der Waals surface area contributed by atoms with Crippen LogP contribution in [0, 0.1) is 0 Å². The first-order chi connectivity index (χ1) is 7.84. The van der Waals surface area contributed by atoms with Crippen molar-refractivity contribution in [1.29, 1.82) is 0 Å². The molecule has 0 radical (unpaired) electrons. The van der Waals surface area contributed by atoms with E-state index in [1.54, 1.807) is 24.3 Å². The summed E-state index contributed by atoms with van der Waals surface area (Å²) >= 11 is 22.3. The number of amides is 1. The van der Waals surface area contributed by atoms with Crippen molar-refractivity contribution >= 4 is 52.3 Å². The molecule has 1 rings (SSSR count).